The molecule has 0 aliphatic heterocycles. The van der Waals surface area contributed by atoms with Gasteiger partial charge >= 0.3 is 5.97 Å². The minimum atomic E-state index is -0.834. The summed E-state index contributed by atoms with van der Waals surface area (Å²) in [5.74, 6) is -0.109. The van der Waals surface area contributed by atoms with Crippen LogP contribution in [0.4, 0.5) is 0 Å². The third-order valence-corrected chi connectivity index (χ3v) is 6.82. The van der Waals surface area contributed by atoms with Crippen LogP contribution in [0.5, 0.6) is 5.75 Å². The second-order valence-electron chi connectivity index (χ2n) is 9.42. The summed E-state index contributed by atoms with van der Waals surface area (Å²) in [5.41, 5.74) is 3.36. The predicted octanol–water partition coefficient (Wildman–Crippen LogP) is 5.74. The van der Waals surface area contributed by atoms with E-state index in [0.29, 0.717) is 6.42 Å². The van der Waals surface area contributed by atoms with Gasteiger partial charge in [-0.3, -0.25) is 9.78 Å². The largest absolute Gasteiger partial charge is 0.490 e. The van der Waals surface area contributed by atoms with Gasteiger partial charge in [-0.2, -0.15) is 0 Å². The lowest BCUT2D eigenvalue weighted by atomic mass is 10.0. The lowest BCUT2D eigenvalue weighted by molar-refractivity contribution is -0.142. The number of benzene rings is 3. The highest BCUT2D eigenvalue weighted by Crippen LogP contribution is 2.27. The van der Waals surface area contributed by atoms with E-state index < -0.39 is 17.9 Å². The van der Waals surface area contributed by atoms with E-state index in [1.54, 1.807) is 12.3 Å². The molecule has 1 amide bonds. The molecule has 6 nitrogen and oxygen atoms in total. The Morgan fingerprint density at radius 1 is 0.919 bits per heavy atom. The Labute approximate surface area is 216 Å². The minimum absolute atomic E-state index is 0.241. The van der Waals surface area contributed by atoms with E-state index in [2.05, 4.69) is 10.3 Å². The molecule has 0 saturated heterocycles. The number of nitrogens with zero attached hydrogens (tertiary/aromatic N) is 1. The lowest BCUT2D eigenvalue weighted by Crippen LogP contribution is -2.43. The molecule has 1 aliphatic rings. The van der Waals surface area contributed by atoms with Crippen LogP contribution in [0.15, 0.2) is 85.1 Å². The monoisotopic (exact) mass is 494 g/mol. The highest BCUT2D eigenvalue weighted by Gasteiger charge is 2.23. The van der Waals surface area contributed by atoms with Crippen molar-refractivity contribution in [2.45, 2.75) is 44.2 Å². The van der Waals surface area contributed by atoms with Crippen molar-refractivity contribution in [1.82, 2.24) is 10.3 Å². The molecule has 188 valence electrons. The molecule has 1 atom stereocenters. The van der Waals surface area contributed by atoms with Crippen molar-refractivity contribution in [3.05, 3.63) is 96.3 Å². The normalized spacial score (nSPS) is 14.3. The summed E-state index contributed by atoms with van der Waals surface area (Å²) in [6.07, 6.45) is 6.86. The summed E-state index contributed by atoms with van der Waals surface area (Å²) >= 11 is 0. The van der Waals surface area contributed by atoms with Crippen LogP contribution in [-0.2, 0) is 16.0 Å². The number of carbonyl (C=O) groups excluding carboxylic acids is 2. The molecule has 6 heteroatoms. The topological polar surface area (TPSA) is 77.5 Å². The van der Waals surface area contributed by atoms with E-state index in [-0.39, 0.29) is 11.8 Å². The second kappa shape index (κ2) is 11.2. The Hall–Kier alpha value is -4.19. The molecule has 0 spiro atoms. The first-order valence-corrected chi connectivity index (χ1v) is 12.7. The van der Waals surface area contributed by atoms with Crippen LogP contribution in [0.3, 0.4) is 0 Å². The summed E-state index contributed by atoms with van der Waals surface area (Å²) in [6.45, 7) is 0. The summed E-state index contributed by atoms with van der Waals surface area (Å²) in [5, 5.41) is 4.58. The van der Waals surface area contributed by atoms with Crippen molar-refractivity contribution in [3.63, 3.8) is 0 Å². The number of hydrogen-bond acceptors (Lipinski definition) is 5. The summed E-state index contributed by atoms with van der Waals surface area (Å²) < 4.78 is 11.0. The predicted molar refractivity (Wildman–Crippen MR) is 143 cm³/mol. The standard InChI is InChI=1S/C31H30N2O4/c1-36-31(35)29(17-21-11-13-23(14-12-21)22-7-3-2-4-8-22)33-30(34)28-19-24-15-16-27(18-25(24)20-32-28)37-26-9-5-6-10-26/h2-4,7-8,11-16,18-20,26,29H,5-6,9-10,17H2,1H3,(H,33,34)/t29-/m0/s1. The zero-order valence-electron chi connectivity index (χ0n) is 20.9. The van der Waals surface area contributed by atoms with Crippen molar-refractivity contribution in [1.29, 1.82) is 0 Å². The first kappa shape index (κ1) is 24.5. The van der Waals surface area contributed by atoms with Crippen molar-refractivity contribution < 1.29 is 19.1 Å². The Morgan fingerprint density at radius 2 is 1.65 bits per heavy atom. The molecule has 1 N–H and O–H groups in total. The van der Waals surface area contributed by atoms with Crippen LogP contribution < -0.4 is 10.1 Å². The molecule has 1 aliphatic carbocycles. The van der Waals surface area contributed by atoms with E-state index in [1.807, 2.05) is 72.8 Å². The summed E-state index contributed by atoms with van der Waals surface area (Å²) in [4.78, 5) is 29.9. The number of amides is 1. The van der Waals surface area contributed by atoms with Crippen molar-refractivity contribution in [2.75, 3.05) is 7.11 Å². The molecule has 4 aromatic rings. The van der Waals surface area contributed by atoms with Gasteiger partial charge < -0.3 is 14.8 Å². The van der Waals surface area contributed by atoms with Gasteiger partial charge in [0.25, 0.3) is 5.91 Å². The Morgan fingerprint density at radius 3 is 2.38 bits per heavy atom. The van der Waals surface area contributed by atoms with Crippen LogP contribution >= 0.6 is 0 Å². The van der Waals surface area contributed by atoms with Crippen LogP contribution in [0.25, 0.3) is 21.9 Å². The number of carbonyl (C=O) groups is 2. The van der Waals surface area contributed by atoms with Crippen LogP contribution in [0.1, 0.15) is 41.7 Å². The average Bonchev–Trinajstić information content (AvgIpc) is 3.46. The van der Waals surface area contributed by atoms with E-state index in [1.165, 1.54) is 20.0 Å². The smallest absolute Gasteiger partial charge is 0.328 e. The maximum Gasteiger partial charge on any atom is 0.328 e. The van der Waals surface area contributed by atoms with Crippen LogP contribution in [0, 0.1) is 0 Å². The quantitative estimate of drug-likeness (QED) is 0.316. The number of fused-ring (bicyclic) bond motifs is 1. The number of pyridine rings is 1. The highest BCUT2D eigenvalue weighted by atomic mass is 16.5. The third-order valence-electron chi connectivity index (χ3n) is 6.82. The number of ether oxygens (including phenoxy) is 2. The number of rotatable bonds is 8. The first-order chi connectivity index (χ1) is 18.1. The molecular formula is C31H30N2O4. The molecule has 0 unspecified atom stereocenters. The molecule has 5 rings (SSSR count). The lowest BCUT2D eigenvalue weighted by Gasteiger charge is -2.17. The number of aromatic nitrogens is 1. The maximum atomic E-state index is 13.0. The molecule has 0 radical (unpaired) electrons. The maximum absolute atomic E-state index is 13.0. The number of esters is 1. The van der Waals surface area contributed by atoms with Gasteiger partial charge in [0.15, 0.2) is 0 Å². The van der Waals surface area contributed by atoms with Crippen molar-refractivity contribution >= 4 is 22.6 Å². The molecule has 1 heterocycles. The van der Waals surface area contributed by atoms with Crippen molar-refractivity contribution in [3.8, 4) is 16.9 Å². The Kier molecular flexibility index (Phi) is 7.45. The molecule has 1 saturated carbocycles. The van der Waals surface area contributed by atoms with Gasteiger partial charge in [0.2, 0.25) is 0 Å². The summed E-state index contributed by atoms with van der Waals surface area (Å²) in [7, 11) is 1.32. The average molecular weight is 495 g/mol. The van der Waals surface area contributed by atoms with Crippen LogP contribution in [0.2, 0.25) is 0 Å². The summed E-state index contributed by atoms with van der Waals surface area (Å²) in [6, 6.07) is 24.7. The fourth-order valence-electron chi connectivity index (χ4n) is 4.78. The molecule has 3 aromatic carbocycles. The fraction of sp³-hybridized carbons (Fsp3) is 0.258. The molecular weight excluding hydrogens is 464 g/mol. The molecule has 37 heavy (non-hydrogen) atoms. The first-order valence-electron chi connectivity index (χ1n) is 12.7. The Balaban J connectivity index is 1.28. The van der Waals surface area contributed by atoms with Gasteiger partial charge in [-0.15, -0.1) is 0 Å². The minimum Gasteiger partial charge on any atom is -0.490 e. The van der Waals surface area contributed by atoms with E-state index in [0.717, 1.165) is 46.1 Å². The third kappa shape index (κ3) is 5.97. The highest BCUT2D eigenvalue weighted by molar-refractivity contribution is 5.98. The van der Waals surface area contributed by atoms with Gasteiger partial charge in [-0.25, -0.2) is 4.79 Å². The number of nitrogens with one attached hydrogen (secondary N) is 1. The molecule has 1 fully saturated rings. The van der Waals surface area contributed by atoms with Gasteiger partial charge in [-0.05, 0) is 66.0 Å². The van der Waals surface area contributed by atoms with Crippen LogP contribution in [-0.4, -0.2) is 36.1 Å². The Bertz CT molecular complexity index is 1380. The molecule has 1 aromatic heterocycles. The number of hydrogen-bond donors (Lipinski definition) is 1. The second-order valence-corrected chi connectivity index (χ2v) is 9.42. The van der Waals surface area contributed by atoms with Crippen molar-refractivity contribution in [2.24, 2.45) is 0 Å². The van der Waals surface area contributed by atoms with Gasteiger partial charge in [0, 0.05) is 18.0 Å². The molecule has 0 bridgehead atoms. The van der Waals surface area contributed by atoms with E-state index in [9.17, 15) is 9.59 Å². The zero-order chi connectivity index (χ0) is 25.6. The van der Waals surface area contributed by atoms with Gasteiger partial charge in [0.1, 0.15) is 17.5 Å². The zero-order valence-corrected chi connectivity index (χ0v) is 20.9. The van der Waals surface area contributed by atoms with Gasteiger partial charge in [0.05, 0.1) is 13.2 Å². The van der Waals surface area contributed by atoms with Gasteiger partial charge in [-0.1, -0.05) is 60.7 Å². The fourth-order valence-corrected chi connectivity index (χ4v) is 4.78. The SMILES string of the molecule is COC(=O)[C@H](Cc1ccc(-c2ccccc2)cc1)NC(=O)c1cc2ccc(OC3CCCC3)cc2cn1. The number of methoxy groups -OCH3 is 1. The van der Waals surface area contributed by atoms with E-state index in [4.69, 9.17) is 9.47 Å². The van der Waals surface area contributed by atoms with E-state index >= 15 is 0 Å².